The average Bonchev–Trinajstić information content (AvgIpc) is 3.42. The van der Waals surface area contributed by atoms with Gasteiger partial charge in [-0.3, -0.25) is 9.78 Å². The second-order valence-electron chi connectivity index (χ2n) is 15.5. The van der Waals surface area contributed by atoms with Crippen LogP contribution in [0.25, 0.3) is 42.3 Å². The Morgan fingerprint density at radius 1 is 0.900 bits per heavy atom. The van der Waals surface area contributed by atoms with Crippen LogP contribution in [0.4, 0.5) is 4.39 Å². The third-order valence-corrected chi connectivity index (χ3v) is 10.8. The number of ketones is 1. The van der Waals surface area contributed by atoms with Crippen LogP contribution in [0.1, 0.15) is 112 Å². The van der Waals surface area contributed by atoms with Crippen LogP contribution in [-0.4, -0.2) is 20.9 Å². The standard InChI is InChI=1S/C30H30FN2S.C13H24O2.Ir/c1-17-18(15-29(2,3)4)8-10-23-26-28(34-27(17)23)25(32-16-33-26)20-12-19-13-21(31)9-11-22(19)24(14-20)30(5,6)7;1-5-10(6-2)12(14)9-13(15)11(7-3)8-4;/h8-11,13-14,16H,15H2,1-7H3;9-11,14H,5-8H2,1-4H3;/q-1;;/b;12-9-;. The van der Waals surface area contributed by atoms with Crippen molar-refractivity contribution < 1.29 is 34.4 Å². The smallest absolute Gasteiger partial charge is 0.162 e. The minimum atomic E-state index is -0.252. The minimum Gasteiger partial charge on any atom is -0.512 e. The molecular formula is C43H54FIrN2O2S-. The Morgan fingerprint density at radius 2 is 1.52 bits per heavy atom. The molecule has 0 bridgehead atoms. The van der Waals surface area contributed by atoms with E-state index < -0.39 is 0 Å². The quantitative estimate of drug-likeness (QED) is 0.0910. The van der Waals surface area contributed by atoms with E-state index in [9.17, 15) is 14.3 Å². The summed E-state index contributed by atoms with van der Waals surface area (Å²) in [6.45, 7) is 23.7. The van der Waals surface area contributed by atoms with E-state index in [0.29, 0.717) is 0 Å². The summed E-state index contributed by atoms with van der Waals surface area (Å²) in [4.78, 5) is 21.1. The maximum absolute atomic E-state index is 14.1. The van der Waals surface area contributed by atoms with Crippen LogP contribution in [0.5, 0.6) is 0 Å². The summed E-state index contributed by atoms with van der Waals surface area (Å²) in [5.74, 6) is 0.295. The van der Waals surface area contributed by atoms with Crippen LogP contribution in [0.3, 0.4) is 0 Å². The van der Waals surface area contributed by atoms with Crippen LogP contribution in [0, 0.1) is 36.1 Å². The van der Waals surface area contributed by atoms with E-state index in [1.54, 1.807) is 23.7 Å². The van der Waals surface area contributed by atoms with E-state index in [1.165, 1.54) is 33.4 Å². The number of aryl methyl sites for hydroxylation is 1. The molecule has 50 heavy (non-hydrogen) atoms. The maximum atomic E-state index is 14.1. The van der Waals surface area contributed by atoms with Gasteiger partial charge in [-0.05, 0) is 67.1 Å². The fraction of sp³-hybridized carbons (Fsp3) is 0.465. The molecule has 7 heteroatoms. The monoisotopic (exact) mass is 874 g/mol. The molecule has 2 aromatic heterocycles. The molecule has 0 saturated carbocycles. The first-order valence-corrected chi connectivity index (χ1v) is 18.6. The van der Waals surface area contributed by atoms with E-state index >= 15 is 0 Å². The molecule has 0 unspecified atom stereocenters. The Morgan fingerprint density at radius 3 is 2.10 bits per heavy atom. The number of hydrogen-bond acceptors (Lipinski definition) is 5. The average molecular weight is 874 g/mol. The number of fused-ring (bicyclic) bond motifs is 4. The van der Waals surface area contributed by atoms with Gasteiger partial charge in [0.25, 0.3) is 0 Å². The Bertz CT molecular complexity index is 1980. The number of nitrogens with zero attached hydrogens (tertiary/aromatic N) is 2. The SMILES string of the molecule is CCC(CC)C(=O)/C=C(\O)C(CC)CC.Cc1c(CC(C)(C)C)ccc2c1sc1c(-c3[c-]c4cc(F)ccc4c(C(C)(C)C)c3)ncnc12.[Ir]. The van der Waals surface area contributed by atoms with E-state index in [2.05, 4.69) is 77.7 Å². The zero-order valence-electron chi connectivity index (χ0n) is 31.7. The molecule has 1 radical (unpaired) electrons. The Labute approximate surface area is 316 Å². The number of aliphatic hydroxyl groups is 1. The number of benzene rings is 3. The van der Waals surface area contributed by atoms with Gasteiger partial charge < -0.3 is 5.11 Å². The fourth-order valence-electron chi connectivity index (χ4n) is 6.56. The van der Waals surface area contributed by atoms with Crippen molar-refractivity contribution in [2.75, 3.05) is 0 Å². The van der Waals surface area contributed by atoms with Gasteiger partial charge in [0.1, 0.15) is 6.33 Å². The molecule has 5 aromatic rings. The molecule has 0 aliphatic heterocycles. The largest absolute Gasteiger partial charge is 0.512 e. The summed E-state index contributed by atoms with van der Waals surface area (Å²) < 4.78 is 16.5. The van der Waals surface area contributed by atoms with Crippen molar-refractivity contribution in [2.45, 2.75) is 114 Å². The molecule has 0 aliphatic carbocycles. The van der Waals surface area contributed by atoms with Gasteiger partial charge in [-0.15, -0.1) is 34.4 Å². The molecule has 2 heterocycles. The van der Waals surface area contributed by atoms with Crippen molar-refractivity contribution in [2.24, 2.45) is 17.3 Å². The molecule has 4 nitrogen and oxygen atoms in total. The number of carbonyl (C=O) groups excluding carboxylic acids is 1. The number of aliphatic hydroxyl groups excluding tert-OH is 1. The first-order valence-electron chi connectivity index (χ1n) is 17.8. The van der Waals surface area contributed by atoms with Crippen molar-refractivity contribution in [1.29, 1.82) is 0 Å². The van der Waals surface area contributed by atoms with Crippen molar-refractivity contribution in [1.82, 2.24) is 9.97 Å². The number of aromatic nitrogens is 2. The topological polar surface area (TPSA) is 63.1 Å². The number of carbonyl (C=O) groups is 1. The minimum absolute atomic E-state index is 0. The van der Waals surface area contributed by atoms with Crippen LogP contribution in [0.2, 0.25) is 0 Å². The van der Waals surface area contributed by atoms with Gasteiger partial charge in [0, 0.05) is 58.5 Å². The molecule has 0 atom stereocenters. The predicted octanol–water partition coefficient (Wildman–Crippen LogP) is 12.7. The number of thiophene rings is 1. The second kappa shape index (κ2) is 17.0. The van der Waals surface area contributed by atoms with Crippen LogP contribution in [-0.2, 0) is 36.7 Å². The molecule has 0 aliphatic rings. The molecule has 3 aromatic carbocycles. The van der Waals surface area contributed by atoms with Crippen molar-refractivity contribution in [3.63, 3.8) is 0 Å². The maximum Gasteiger partial charge on any atom is 0.162 e. The van der Waals surface area contributed by atoms with E-state index in [4.69, 9.17) is 4.98 Å². The van der Waals surface area contributed by atoms with Gasteiger partial charge in [0.05, 0.1) is 17.1 Å². The summed E-state index contributed by atoms with van der Waals surface area (Å²) in [5, 5.41) is 12.7. The number of allylic oxidation sites excluding steroid dienone is 2. The molecule has 271 valence electrons. The van der Waals surface area contributed by atoms with Crippen molar-refractivity contribution in [3.8, 4) is 11.3 Å². The summed E-state index contributed by atoms with van der Waals surface area (Å²) in [6.07, 6.45) is 7.58. The van der Waals surface area contributed by atoms with Gasteiger partial charge in [0.15, 0.2) is 5.78 Å². The first kappa shape index (κ1) is 41.4. The van der Waals surface area contributed by atoms with Crippen molar-refractivity contribution >= 4 is 48.2 Å². The first-order chi connectivity index (χ1) is 23.0. The molecule has 0 spiro atoms. The van der Waals surface area contributed by atoms with Crippen LogP contribution < -0.4 is 0 Å². The number of hydrogen-bond donors (Lipinski definition) is 1. The molecule has 0 saturated heterocycles. The van der Waals surface area contributed by atoms with Gasteiger partial charge >= 0.3 is 0 Å². The fourth-order valence-corrected chi connectivity index (χ4v) is 7.84. The molecular weight excluding hydrogens is 820 g/mol. The van der Waals surface area contributed by atoms with Crippen LogP contribution in [0.15, 0.2) is 54.6 Å². The summed E-state index contributed by atoms with van der Waals surface area (Å²) >= 11 is 1.75. The van der Waals surface area contributed by atoms with Gasteiger partial charge in [-0.25, -0.2) is 9.37 Å². The third kappa shape index (κ3) is 9.46. The zero-order chi connectivity index (χ0) is 36.3. The van der Waals surface area contributed by atoms with Crippen molar-refractivity contribution in [3.05, 3.63) is 83.1 Å². The second-order valence-corrected chi connectivity index (χ2v) is 16.5. The van der Waals surface area contributed by atoms with E-state index in [0.717, 1.165) is 69.9 Å². The van der Waals surface area contributed by atoms with Gasteiger partial charge in [0.2, 0.25) is 0 Å². The molecule has 0 fully saturated rings. The summed E-state index contributed by atoms with van der Waals surface area (Å²) in [7, 11) is 0. The third-order valence-electron chi connectivity index (χ3n) is 9.48. The number of rotatable bonds is 9. The number of halogens is 1. The Hall–Kier alpha value is -2.99. The van der Waals surface area contributed by atoms with E-state index in [-0.39, 0.29) is 60.1 Å². The zero-order valence-corrected chi connectivity index (χ0v) is 34.9. The summed E-state index contributed by atoms with van der Waals surface area (Å²) in [5.41, 5.74) is 6.69. The Kier molecular flexibility index (Phi) is 14.1. The van der Waals surface area contributed by atoms with Gasteiger partial charge in [-0.1, -0.05) is 104 Å². The normalized spacial score (nSPS) is 12.5. The summed E-state index contributed by atoms with van der Waals surface area (Å²) in [6, 6.07) is 15.1. The van der Waals surface area contributed by atoms with E-state index in [1.807, 2.05) is 33.8 Å². The van der Waals surface area contributed by atoms with Crippen LogP contribution >= 0.6 is 11.3 Å². The Balaban J connectivity index is 0.000000361. The molecule has 5 rings (SSSR count). The van der Waals surface area contributed by atoms with Gasteiger partial charge in [-0.2, -0.15) is 0 Å². The molecule has 0 amide bonds. The molecule has 1 N–H and O–H groups in total. The predicted molar refractivity (Wildman–Crippen MR) is 207 cm³/mol.